The molecular weight excluding hydrogens is 308 g/mol. The van der Waals surface area contributed by atoms with Gasteiger partial charge in [0, 0.05) is 20.5 Å². The van der Waals surface area contributed by atoms with Crippen molar-refractivity contribution in [2.24, 2.45) is 11.7 Å². The van der Waals surface area contributed by atoms with Crippen molar-refractivity contribution >= 4 is 17.7 Å². The number of hydrogen-bond donors (Lipinski definition) is 1. The molecule has 0 aromatic heterocycles. The highest BCUT2D eigenvalue weighted by molar-refractivity contribution is 5.91. The Morgan fingerprint density at radius 3 is 1.92 bits per heavy atom. The van der Waals surface area contributed by atoms with Crippen LogP contribution in [0.5, 0.6) is 0 Å². The Morgan fingerprint density at radius 2 is 1.54 bits per heavy atom. The van der Waals surface area contributed by atoms with E-state index in [1.807, 2.05) is 39.8 Å². The molecule has 0 aliphatic heterocycles. The fraction of sp³-hybridized carbons (Fsp3) is 0.824. The van der Waals surface area contributed by atoms with Crippen molar-refractivity contribution in [3.8, 4) is 0 Å². The molecule has 0 aromatic carbocycles. The molecule has 3 amide bonds. The molecule has 0 fully saturated rings. The summed E-state index contributed by atoms with van der Waals surface area (Å²) in [6.07, 6.45) is 1.63. The molecule has 0 aromatic rings. The van der Waals surface area contributed by atoms with Crippen LogP contribution in [0.3, 0.4) is 0 Å². The minimum atomic E-state index is -0.686. The summed E-state index contributed by atoms with van der Waals surface area (Å²) in [5.74, 6) is -0.943. The van der Waals surface area contributed by atoms with E-state index in [-0.39, 0.29) is 17.7 Å². The minimum Gasteiger partial charge on any atom is -0.368 e. The van der Waals surface area contributed by atoms with Gasteiger partial charge in [-0.3, -0.25) is 14.4 Å². The Hall–Kier alpha value is -1.63. The van der Waals surface area contributed by atoms with E-state index < -0.39 is 18.0 Å². The van der Waals surface area contributed by atoms with Crippen LogP contribution in [0, 0.1) is 5.92 Å². The zero-order valence-electron chi connectivity index (χ0n) is 16.2. The first-order valence-electron chi connectivity index (χ1n) is 8.50. The van der Waals surface area contributed by atoms with Gasteiger partial charge in [0.05, 0.1) is 0 Å². The number of carbonyl (C=O) groups excluding carboxylic acids is 3. The average molecular weight is 342 g/mol. The third kappa shape index (κ3) is 6.47. The van der Waals surface area contributed by atoms with E-state index in [0.29, 0.717) is 19.4 Å². The van der Waals surface area contributed by atoms with E-state index in [2.05, 4.69) is 0 Å². The summed E-state index contributed by atoms with van der Waals surface area (Å²) in [7, 11) is 7.07. The van der Waals surface area contributed by atoms with Gasteiger partial charge in [0.25, 0.3) is 0 Å². The monoisotopic (exact) mass is 342 g/mol. The van der Waals surface area contributed by atoms with Crippen molar-refractivity contribution in [3.63, 3.8) is 0 Å². The number of nitrogens with two attached hydrogens (primary N) is 1. The largest absolute Gasteiger partial charge is 0.368 e. The fourth-order valence-corrected chi connectivity index (χ4v) is 2.77. The Balaban J connectivity index is 5.41. The summed E-state index contributed by atoms with van der Waals surface area (Å²) in [5, 5.41) is 0. The lowest BCUT2D eigenvalue weighted by Crippen LogP contribution is -2.56. The van der Waals surface area contributed by atoms with Crippen molar-refractivity contribution < 1.29 is 14.4 Å². The lowest BCUT2D eigenvalue weighted by molar-refractivity contribution is -0.148. The van der Waals surface area contributed by atoms with E-state index >= 15 is 0 Å². The smallest absolute Gasteiger partial charge is 0.245 e. The predicted octanol–water partition coefficient (Wildman–Crippen LogP) is 0.534. The molecule has 0 saturated carbocycles. The summed E-state index contributed by atoms with van der Waals surface area (Å²) < 4.78 is 0. The molecule has 0 unspecified atom stereocenters. The lowest BCUT2D eigenvalue weighted by Gasteiger charge is -2.35. The first-order chi connectivity index (χ1) is 11.0. The van der Waals surface area contributed by atoms with Crippen LogP contribution in [0.1, 0.15) is 40.0 Å². The highest BCUT2D eigenvalue weighted by atomic mass is 16.2. The molecule has 0 bridgehead atoms. The maximum atomic E-state index is 13.0. The molecule has 24 heavy (non-hydrogen) atoms. The second-order valence-corrected chi connectivity index (χ2v) is 6.90. The quantitative estimate of drug-likeness (QED) is 0.627. The number of likely N-dealkylation sites (N-methyl/N-ethyl adjacent to an activating group) is 2. The van der Waals surface area contributed by atoms with Crippen molar-refractivity contribution in [2.45, 2.75) is 52.1 Å². The van der Waals surface area contributed by atoms with Gasteiger partial charge in [-0.25, -0.2) is 0 Å². The summed E-state index contributed by atoms with van der Waals surface area (Å²) in [5.41, 5.74) is 5.46. The fourth-order valence-electron chi connectivity index (χ4n) is 2.77. The van der Waals surface area contributed by atoms with Crippen LogP contribution in [0.4, 0.5) is 0 Å². The van der Waals surface area contributed by atoms with Crippen molar-refractivity contribution in [2.75, 3.05) is 34.7 Å². The van der Waals surface area contributed by atoms with E-state index in [1.54, 1.807) is 14.1 Å². The average Bonchev–Trinajstić information content (AvgIpc) is 2.45. The SMILES string of the molecule is CCCC(=O)N(C)[C@H](CCN(C)C)C(=O)N(C)[C@H](C(N)=O)C(C)C. The van der Waals surface area contributed by atoms with Crippen LogP contribution in [-0.4, -0.2) is 79.2 Å². The van der Waals surface area contributed by atoms with Crippen LogP contribution < -0.4 is 5.73 Å². The van der Waals surface area contributed by atoms with Gasteiger partial charge in [-0.15, -0.1) is 0 Å². The third-order valence-corrected chi connectivity index (χ3v) is 4.15. The number of hydrogen-bond acceptors (Lipinski definition) is 4. The molecule has 2 N–H and O–H groups in total. The highest BCUT2D eigenvalue weighted by Crippen LogP contribution is 2.15. The Morgan fingerprint density at radius 1 is 1.00 bits per heavy atom. The van der Waals surface area contributed by atoms with Crippen LogP contribution in [0.2, 0.25) is 0 Å². The van der Waals surface area contributed by atoms with E-state index in [0.717, 1.165) is 6.42 Å². The second-order valence-electron chi connectivity index (χ2n) is 6.90. The molecule has 0 spiro atoms. The Labute approximate surface area is 146 Å². The lowest BCUT2D eigenvalue weighted by atomic mass is 10.0. The van der Waals surface area contributed by atoms with Crippen LogP contribution in [0.25, 0.3) is 0 Å². The highest BCUT2D eigenvalue weighted by Gasteiger charge is 2.34. The number of primary amides is 1. The minimum absolute atomic E-state index is 0.0665. The van der Waals surface area contributed by atoms with Crippen LogP contribution >= 0.6 is 0 Å². The molecular formula is C17H34N4O3. The first kappa shape index (κ1) is 22.4. The van der Waals surface area contributed by atoms with Gasteiger partial charge in [-0.1, -0.05) is 20.8 Å². The molecule has 0 aliphatic rings. The molecule has 7 nitrogen and oxygen atoms in total. The van der Waals surface area contributed by atoms with Gasteiger partial charge in [0.15, 0.2) is 0 Å². The number of carbonyl (C=O) groups is 3. The number of nitrogens with zero attached hydrogens (tertiary/aromatic N) is 3. The topological polar surface area (TPSA) is 87.0 Å². The normalized spacial score (nSPS) is 13.7. The van der Waals surface area contributed by atoms with Gasteiger partial charge in [0.2, 0.25) is 17.7 Å². The number of rotatable bonds is 10. The van der Waals surface area contributed by atoms with Gasteiger partial charge in [0.1, 0.15) is 12.1 Å². The van der Waals surface area contributed by atoms with Crippen LogP contribution in [0.15, 0.2) is 0 Å². The standard InChI is InChI=1S/C17H34N4O3/c1-8-9-14(22)20(6)13(10-11-19(4)5)17(24)21(7)15(12(2)3)16(18)23/h12-13,15H,8-11H2,1-7H3,(H2,18,23)/t13-,15+/m1/s1. The van der Waals surface area contributed by atoms with Crippen LogP contribution in [-0.2, 0) is 14.4 Å². The maximum Gasteiger partial charge on any atom is 0.245 e. The first-order valence-corrected chi connectivity index (χ1v) is 8.50. The van der Waals surface area contributed by atoms with Crippen molar-refractivity contribution in [3.05, 3.63) is 0 Å². The summed E-state index contributed by atoms with van der Waals surface area (Å²) in [6, 6.07) is -1.29. The van der Waals surface area contributed by atoms with Gasteiger partial charge in [-0.2, -0.15) is 0 Å². The van der Waals surface area contributed by atoms with Crippen molar-refractivity contribution in [1.29, 1.82) is 0 Å². The zero-order chi connectivity index (χ0) is 19.0. The summed E-state index contributed by atoms with van der Waals surface area (Å²) in [4.78, 5) is 41.8. The third-order valence-electron chi connectivity index (χ3n) is 4.15. The Kier molecular flexibility index (Phi) is 9.58. The van der Waals surface area contributed by atoms with Gasteiger partial charge < -0.3 is 20.4 Å². The Bertz CT molecular complexity index is 438. The molecule has 0 radical (unpaired) electrons. The molecule has 140 valence electrons. The molecule has 0 rings (SSSR count). The van der Waals surface area contributed by atoms with Gasteiger partial charge >= 0.3 is 0 Å². The second kappa shape index (κ2) is 10.3. The predicted molar refractivity (Wildman–Crippen MR) is 95.2 cm³/mol. The maximum absolute atomic E-state index is 13.0. The summed E-state index contributed by atoms with van der Waals surface area (Å²) in [6.45, 7) is 6.28. The number of amides is 3. The van der Waals surface area contributed by atoms with Crippen molar-refractivity contribution in [1.82, 2.24) is 14.7 Å². The zero-order valence-corrected chi connectivity index (χ0v) is 16.2. The van der Waals surface area contributed by atoms with E-state index in [1.165, 1.54) is 9.80 Å². The van der Waals surface area contributed by atoms with E-state index in [9.17, 15) is 14.4 Å². The van der Waals surface area contributed by atoms with Gasteiger partial charge in [-0.05, 0) is 39.4 Å². The molecule has 0 saturated heterocycles. The molecule has 0 heterocycles. The summed E-state index contributed by atoms with van der Waals surface area (Å²) >= 11 is 0. The molecule has 7 heteroatoms. The molecule has 0 aliphatic carbocycles. The molecule has 2 atom stereocenters. The van der Waals surface area contributed by atoms with E-state index in [4.69, 9.17) is 5.73 Å².